The molecule has 2 unspecified atom stereocenters. The molecule has 1 aliphatic carbocycles. The fourth-order valence-electron chi connectivity index (χ4n) is 4.12. The highest BCUT2D eigenvalue weighted by Gasteiger charge is 2.34. The molecule has 2 fully saturated rings. The van der Waals surface area contributed by atoms with Gasteiger partial charge in [0.25, 0.3) is 5.91 Å². The van der Waals surface area contributed by atoms with Gasteiger partial charge in [-0.3, -0.25) is 4.79 Å². The van der Waals surface area contributed by atoms with Crippen molar-refractivity contribution in [2.75, 3.05) is 19.6 Å². The number of likely N-dealkylation sites (tertiary alicyclic amines) is 1. The lowest BCUT2D eigenvalue weighted by molar-refractivity contribution is 0.0662. The van der Waals surface area contributed by atoms with Gasteiger partial charge in [-0.15, -0.1) is 0 Å². The summed E-state index contributed by atoms with van der Waals surface area (Å²) in [5, 5.41) is 3.55. The van der Waals surface area contributed by atoms with Gasteiger partial charge in [0.15, 0.2) is 0 Å². The van der Waals surface area contributed by atoms with Gasteiger partial charge in [-0.25, -0.2) is 0 Å². The summed E-state index contributed by atoms with van der Waals surface area (Å²) in [7, 11) is 0. The number of carbonyl (C=O) groups excluding carboxylic acids is 1. The van der Waals surface area contributed by atoms with Crippen LogP contribution in [0.3, 0.4) is 0 Å². The Morgan fingerprint density at radius 1 is 1.20 bits per heavy atom. The monoisotopic (exact) mass is 270 g/mol. The van der Waals surface area contributed by atoms with Gasteiger partial charge in [0.05, 0.1) is 0 Å². The zero-order valence-corrected chi connectivity index (χ0v) is 11.9. The van der Waals surface area contributed by atoms with E-state index in [1.165, 1.54) is 30.4 Å². The van der Waals surface area contributed by atoms with E-state index in [-0.39, 0.29) is 5.91 Å². The summed E-state index contributed by atoms with van der Waals surface area (Å²) < 4.78 is 0. The number of carbonyl (C=O) groups is 1. The third-order valence-corrected chi connectivity index (χ3v) is 5.29. The van der Waals surface area contributed by atoms with Crippen LogP contribution in [-0.4, -0.2) is 36.5 Å². The minimum atomic E-state index is 0.241. The standard InChI is InChI=1S/C17H22N2O/c20-17(14-5-4-12-2-1-3-13(12)10-14)19-9-7-16-15(11-19)6-8-18-16/h4-5,10,15-16,18H,1-3,6-9,11H2. The fraction of sp³-hybridized carbons (Fsp3) is 0.588. The van der Waals surface area contributed by atoms with Gasteiger partial charge in [0.1, 0.15) is 0 Å². The van der Waals surface area contributed by atoms with Gasteiger partial charge in [-0.1, -0.05) is 6.07 Å². The van der Waals surface area contributed by atoms with Crippen molar-refractivity contribution >= 4 is 5.91 Å². The summed E-state index contributed by atoms with van der Waals surface area (Å²) in [6.45, 7) is 2.97. The Morgan fingerprint density at radius 3 is 3.05 bits per heavy atom. The molecule has 2 aliphatic heterocycles. The van der Waals surface area contributed by atoms with Gasteiger partial charge in [-0.2, -0.15) is 0 Å². The van der Waals surface area contributed by atoms with Crippen LogP contribution in [0.4, 0.5) is 0 Å². The number of hydrogen-bond donors (Lipinski definition) is 1. The van der Waals surface area contributed by atoms with Crippen molar-refractivity contribution in [3.8, 4) is 0 Å². The zero-order valence-electron chi connectivity index (χ0n) is 11.9. The number of piperidine rings is 1. The summed E-state index contributed by atoms with van der Waals surface area (Å²) in [4.78, 5) is 14.8. The molecule has 20 heavy (non-hydrogen) atoms. The lowest BCUT2D eigenvalue weighted by Crippen LogP contribution is -2.46. The SMILES string of the molecule is O=C(c1ccc2c(c1)CCC2)N1CCC2NCCC2C1. The fourth-order valence-corrected chi connectivity index (χ4v) is 4.12. The average molecular weight is 270 g/mol. The molecule has 1 aromatic rings. The molecule has 3 nitrogen and oxygen atoms in total. The first kappa shape index (κ1) is 12.4. The van der Waals surface area contributed by atoms with Crippen LogP contribution in [0, 0.1) is 5.92 Å². The minimum Gasteiger partial charge on any atom is -0.338 e. The van der Waals surface area contributed by atoms with Gasteiger partial charge in [-0.05, 0) is 67.8 Å². The van der Waals surface area contributed by atoms with E-state index in [9.17, 15) is 4.79 Å². The van der Waals surface area contributed by atoms with Crippen molar-refractivity contribution in [2.45, 2.75) is 38.1 Å². The van der Waals surface area contributed by atoms with Crippen molar-refractivity contribution in [1.29, 1.82) is 0 Å². The van der Waals surface area contributed by atoms with Crippen molar-refractivity contribution in [1.82, 2.24) is 10.2 Å². The number of benzene rings is 1. The molecule has 1 amide bonds. The van der Waals surface area contributed by atoms with Crippen LogP contribution in [0.1, 0.15) is 40.7 Å². The second kappa shape index (κ2) is 4.88. The average Bonchev–Trinajstić information content (AvgIpc) is 3.13. The topological polar surface area (TPSA) is 32.3 Å². The third kappa shape index (κ3) is 2.05. The van der Waals surface area contributed by atoms with Crippen LogP contribution in [0.15, 0.2) is 18.2 Å². The molecule has 3 heteroatoms. The van der Waals surface area contributed by atoms with E-state index < -0.39 is 0 Å². The summed E-state index contributed by atoms with van der Waals surface area (Å²) >= 11 is 0. The number of nitrogens with zero attached hydrogens (tertiary/aromatic N) is 1. The van der Waals surface area contributed by atoms with Gasteiger partial charge in [0.2, 0.25) is 0 Å². The maximum atomic E-state index is 12.7. The highest BCUT2D eigenvalue weighted by atomic mass is 16.2. The predicted octanol–water partition coefficient (Wildman–Crippen LogP) is 2.00. The van der Waals surface area contributed by atoms with Crippen molar-refractivity contribution in [3.63, 3.8) is 0 Å². The van der Waals surface area contributed by atoms with Crippen molar-refractivity contribution in [2.24, 2.45) is 5.92 Å². The number of nitrogens with one attached hydrogen (secondary N) is 1. The molecule has 2 atom stereocenters. The van der Waals surface area contributed by atoms with Gasteiger partial charge >= 0.3 is 0 Å². The Hall–Kier alpha value is -1.35. The van der Waals surface area contributed by atoms with Gasteiger partial charge < -0.3 is 10.2 Å². The molecule has 0 aromatic heterocycles. The van der Waals surface area contributed by atoms with Crippen molar-refractivity contribution in [3.05, 3.63) is 34.9 Å². The largest absolute Gasteiger partial charge is 0.338 e. The molecule has 0 bridgehead atoms. The molecule has 1 aromatic carbocycles. The second-order valence-electron chi connectivity index (χ2n) is 6.49. The summed E-state index contributed by atoms with van der Waals surface area (Å²) in [6, 6.07) is 6.99. The number of hydrogen-bond acceptors (Lipinski definition) is 2. The molecule has 0 saturated carbocycles. The smallest absolute Gasteiger partial charge is 0.253 e. The maximum Gasteiger partial charge on any atom is 0.253 e. The lowest BCUT2D eigenvalue weighted by Gasteiger charge is -2.35. The number of aryl methyl sites for hydroxylation is 2. The summed E-state index contributed by atoms with van der Waals surface area (Å²) in [5.41, 5.74) is 3.74. The summed E-state index contributed by atoms with van der Waals surface area (Å²) in [6.07, 6.45) is 5.90. The van der Waals surface area contributed by atoms with Crippen molar-refractivity contribution < 1.29 is 4.79 Å². The van der Waals surface area contributed by atoms with Crippen LogP contribution in [0.25, 0.3) is 0 Å². The third-order valence-electron chi connectivity index (χ3n) is 5.29. The minimum absolute atomic E-state index is 0.241. The maximum absolute atomic E-state index is 12.7. The Bertz CT molecular complexity index is 540. The van der Waals surface area contributed by atoms with Crippen LogP contribution >= 0.6 is 0 Å². The Balaban J connectivity index is 1.52. The molecular weight excluding hydrogens is 248 g/mol. The predicted molar refractivity (Wildman–Crippen MR) is 78.9 cm³/mol. The second-order valence-corrected chi connectivity index (χ2v) is 6.49. The molecule has 0 spiro atoms. The van der Waals surface area contributed by atoms with E-state index in [2.05, 4.69) is 22.3 Å². The molecule has 2 heterocycles. The molecular formula is C17H22N2O. The first-order valence-electron chi connectivity index (χ1n) is 7.96. The van der Waals surface area contributed by atoms with Crippen LogP contribution in [0.2, 0.25) is 0 Å². The number of amides is 1. The van der Waals surface area contributed by atoms with Gasteiger partial charge in [0, 0.05) is 24.7 Å². The van der Waals surface area contributed by atoms with Crippen LogP contribution in [-0.2, 0) is 12.8 Å². The zero-order chi connectivity index (χ0) is 13.5. The molecule has 106 valence electrons. The quantitative estimate of drug-likeness (QED) is 0.846. The highest BCUT2D eigenvalue weighted by Crippen LogP contribution is 2.27. The molecule has 1 N–H and O–H groups in total. The first-order valence-corrected chi connectivity index (χ1v) is 7.96. The Morgan fingerprint density at radius 2 is 2.10 bits per heavy atom. The van der Waals surface area contributed by atoms with Crippen LogP contribution < -0.4 is 5.32 Å². The van der Waals surface area contributed by atoms with Crippen LogP contribution in [0.5, 0.6) is 0 Å². The Kier molecular flexibility index (Phi) is 3.03. The molecule has 2 saturated heterocycles. The molecule has 0 radical (unpaired) electrons. The molecule has 4 rings (SSSR count). The lowest BCUT2D eigenvalue weighted by atomic mass is 9.93. The van der Waals surface area contributed by atoms with E-state index >= 15 is 0 Å². The van der Waals surface area contributed by atoms with E-state index in [0.29, 0.717) is 12.0 Å². The number of rotatable bonds is 1. The molecule has 3 aliphatic rings. The highest BCUT2D eigenvalue weighted by molar-refractivity contribution is 5.94. The first-order chi connectivity index (χ1) is 9.81. The Labute approximate surface area is 120 Å². The number of fused-ring (bicyclic) bond motifs is 2. The van der Waals surface area contributed by atoms with E-state index in [1.54, 1.807) is 0 Å². The van der Waals surface area contributed by atoms with E-state index in [1.807, 2.05) is 6.07 Å². The summed E-state index contributed by atoms with van der Waals surface area (Å²) in [5.74, 6) is 0.909. The van der Waals surface area contributed by atoms with E-state index in [4.69, 9.17) is 0 Å². The normalized spacial score (nSPS) is 28.3. The van der Waals surface area contributed by atoms with E-state index in [0.717, 1.165) is 38.0 Å².